The molecule has 0 aliphatic carbocycles. The zero-order valence-electron chi connectivity index (χ0n) is 14.5. The molecule has 0 aliphatic rings. The number of nitrogens with one attached hydrogen (secondary N) is 1. The van der Waals surface area contributed by atoms with Gasteiger partial charge in [-0.2, -0.15) is 5.10 Å². The number of halogens is 1. The molecule has 3 aromatic rings. The number of amides is 1. The minimum atomic E-state index is -0.151. The third-order valence-electron chi connectivity index (χ3n) is 4.19. The number of benzene rings is 1. The van der Waals surface area contributed by atoms with E-state index < -0.39 is 0 Å². The van der Waals surface area contributed by atoms with E-state index in [0.717, 1.165) is 23.5 Å². The summed E-state index contributed by atoms with van der Waals surface area (Å²) in [4.78, 5) is 12.7. The van der Waals surface area contributed by atoms with E-state index in [0.29, 0.717) is 10.7 Å². The lowest BCUT2D eigenvalue weighted by atomic mass is 10.2. The Hall–Kier alpha value is -2.53. The zero-order chi connectivity index (χ0) is 18.0. The molecule has 1 aromatic carbocycles. The number of carbonyl (C=O) groups is 1. The second-order valence-electron chi connectivity index (χ2n) is 6.09. The maximum absolute atomic E-state index is 12.7. The first-order valence-electron chi connectivity index (χ1n) is 8.28. The van der Waals surface area contributed by atoms with Crippen LogP contribution < -0.4 is 5.32 Å². The van der Waals surface area contributed by atoms with Gasteiger partial charge in [-0.15, -0.1) is 0 Å². The van der Waals surface area contributed by atoms with Gasteiger partial charge < -0.3 is 9.88 Å². The largest absolute Gasteiger partial charge is 0.349 e. The summed E-state index contributed by atoms with van der Waals surface area (Å²) in [5.74, 6) is -0.151. The maximum Gasteiger partial charge on any atom is 0.270 e. The first-order valence-corrected chi connectivity index (χ1v) is 8.66. The molecule has 1 unspecified atom stereocenters. The molecule has 25 heavy (non-hydrogen) atoms. The topological polar surface area (TPSA) is 51.9 Å². The third-order valence-corrected chi connectivity index (χ3v) is 4.43. The average Bonchev–Trinajstić information content (AvgIpc) is 3.20. The van der Waals surface area contributed by atoms with Crippen molar-refractivity contribution in [1.29, 1.82) is 0 Å². The molecule has 2 aromatic heterocycles. The van der Waals surface area contributed by atoms with Gasteiger partial charge in [0.05, 0.1) is 11.4 Å². The van der Waals surface area contributed by atoms with Gasteiger partial charge >= 0.3 is 0 Å². The molecule has 0 aliphatic heterocycles. The lowest BCUT2D eigenvalue weighted by molar-refractivity contribution is 0.0931. The average molecular weight is 357 g/mol. The Morgan fingerprint density at radius 3 is 2.72 bits per heavy atom. The van der Waals surface area contributed by atoms with E-state index >= 15 is 0 Å². The first kappa shape index (κ1) is 17.3. The number of carbonyl (C=O) groups excluding carboxylic acids is 1. The molecule has 5 nitrogen and oxygen atoms in total. The monoisotopic (exact) mass is 356 g/mol. The molecule has 3 rings (SSSR count). The van der Waals surface area contributed by atoms with Crippen LogP contribution in [0.5, 0.6) is 0 Å². The number of hydrogen-bond acceptors (Lipinski definition) is 2. The van der Waals surface area contributed by atoms with E-state index in [9.17, 15) is 4.79 Å². The zero-order valence-corrected chi connectivity index (χ0v) is 15.3. The van der Waals surface area contributed by atoms with Crippen molar-refractivity contribution in [2.45, 2.75) is 26.3 Å². The molecule has 0 radical (unpaired) electrons. The van der Waals surface area contributed by atoms with Crippen molar-refractivity contribution in [3.63, 3.8) is 0 Å². The van der Waals surface area contributed by atoms with Crippen LogP contribution in [0.25, 0.3) is 17.1 Å². The van der Waals surface area contributed by atoms with Crippen LogP contribution in [0.4, 0.5) is 0 Å². The second kappa shape index (κ2) is 7.15. The van der Waals surface area contributed by atoms with Crippen LogP contribution in [0, 0.1) is 0 Å². The maximum atomic E-state index is 12.7. The highest BCUT2D eigenvalue weighted by molar-refractivity contribution is 6.30. The van der Waals surface area contributed by atoms with E-state index in [2.05, 4.69) is 10.4 Å². The van der Waals surface area contributed by atoms with Crippen molar-refractivity contribution in [3.8, 4) is 17.1 Å². The van der Waals surface area contributed by atoms with Crippen LogP contribution in [-0.2, 0) is 7.05 Å². The fourth-order valence-corrected chi connectivity index (χ4v) is 2.78. The summed E-state index contributed by atoms with van der Waals surface area (Å²) < 4.78 is 3.62. The Morgan fingerprint density at radius 2 is 2.08 bits per heavy atom. The van der Waals surface area contributed by atoms with E-state index in [-0.39, 0.29) is 11.9 Å². The molecule has 6 heteroatoms. The molecule has 1 atom stereocenters. The highest BCUT2D eigenvalue weighted by atomic mass is 35.5. The smallest absolute Gasteiger partial charge is 0.270 e. The van der Waals surface area contributed by atoms with E-state index in [1.165, 1.54) is 0 Å². The molecule has 1 amide bonds. The Kier molecular flexibility index (Phi) is 4.95. The van der Waals surface area contributed by atoms with Crippen molar-refractivity contribution in [3.05, 3.63) is 59.4 Å². The lowest BCUT2D eigenvalue weighted by Crippen LogP contribution is -2.33. The van der Waals surface area contributed by atoms with Gasteiger partial charge in [0.1, 0.15) is 11.4 Å². The summed E-state index contributed by atoms with van der Waals surface area (Å²) in [6.45, 7) is 4.02. The Bertz CT molecular complexity index is 896. The molecule has 1 N–H and O–H groups in total. The van der Waals surface area contributed by atoms with Gasteiger partial charge in [0.15, 0.2) is 0 Å². The van der Waals surface area contributed by atoms with Crippen molar-refractivity contribution in [1.82, 2.24) is 19.7 Å². The van der Waals surface area contributed by atoms with Crippen LogP contribution in [0.2, 0.25) is 5.02 Å². The summed E-state index contributed by atoms with van der Waals surface area (Å²) in [5, 5.41) is 8.26. The van der Waals surface area contributed by atoms with Crippen LogP contribution in [-0.4, -0.2) is 26.3 Å². The van der Waals surface area contributed by atoms with Crippen molar-refractivity contribution in [2.75, 3.05) is 0 Å². The quantitative estimate of drug-likeness (QED) is 0.749. The third kappa shape index (κ3) is 3.61. The Balaban J connectivity index is 2.09. The van der Waals surface area contributed by atoms with E-state index in [1.807, 2.05) is 62.0 Å². The number of aromatic nitrogens is 3. The summed E-state index contributed by atoms with van der Waals surface area (Å²) >= 11 is 6.12. The first-order chi connectivity index (χ1) is 12.0. The van der Waals surface area contributed by atoms with Gasteiger partial charge in [-0.05, 0) is 49.7 Å². The lowest BCUT2D eigenvalue weighted by Gasteiger charge is -2.12. The van der Waals surface area contributed by atoms with E-state index in [1.54, 1.807) is 16.8 Å². The molecule has 0 bridgehead atoms. The number of nitrogens with zero attached hydrogens (tertiary/aromatic N) is 3. The highest BCUT2D eigenvalue weighted by Gasteiger charge is 2.19. The Labute approximate surface area is 152 Å². The van der Waals surface area contributed by atoms with Crippen LogP contribution in [0.15, 0.2) is 48.7 Å². The summed E-state index contributed by atoms with van der Waals surface area (Å²) in [7, 11) is 1.95. The highest BCUT2D eigenvalue weighted by Crippen LogP contribution is 2.23. The number of hydrogen-bond donors (Lipinski definition) is 1. The standard InChI is InChI=1S/C19H21ClN4O/c1-4-13(2)21-19(25)18-12-16(17-9-6-10-23(17)3)22-24(18)15-8-5-7-14(20)11-15/h5-13H,4H2,1-3H3,(H,21,25). The molecule has 0 spiro atoms. The minimum Gasteiger partial charge on any atom is -0.349 e. The van der Waals surface area contributed by atoms with Gasteiger partial charge in [-0.25, -0.2) is 4.68 Å². The molecular formula is C19H21ClN4O. The Morgan fingerprint density at radius 1 is 1.28 bits per heavy atom. The minimum absolute atomic E-state index is 0.0914. The molecule has 0 saturated carbocycles. The fourth-order valence-electron chi connectivity index (χ4n) is 2.60. The summed E-state index contributed by atoms with van der Waals surface area (Å²) in [6, 6.07) is 13.1. The molecule has 0 fully saturated rings. The summed E-state index contributed by atoms with van der Waals surface area (Å²) in [6.07, 6.45) is 2.81. The van der Waals surface area contributed by atoms with Crippen molar-refractivity contribution >= 4 is 17.5 Å². The van der Waals surface area contributed by atoms with E-state index in [4.69, 9.17) is 11.6 Å². The van der Waals surface area contributed by atoms with Gasteiger partial charge in [-0.1, -0.05) is 24.6 Å². The van der Waals surface area contributed by atoms with Crippen LogP contribution in [0.3, 0.4) is 0 Å². The second-order valence-corrected chi connectivity index (χ2v) is 6.53. The summed E-state index contributed by atoms with van der Waals surface area (Å²) in [5.41, 5.74) is 2.92. The predicted octanol–water partition coefficient (Wildman–Crippen LogP) is 4.06. The van der Waals surface area contributed by atoms with Crippen LogP contribution in [0.1, 0.15) is 30.8 Å². The molecule has 0 saturated heterocycles. The van der Waals surface area contributed by atoms with Gasteiger partial charge in [-0.3, -0.25) is 4.79 Å². The van der Waals surface area contributed by atoms with Crippen molar-refractivity contribution < 1.29 is 4.79 Å². The van der Waals surface area contributed by atoms with Crippen LogP contribution >= 0.6 is 11.6 Å². The normalized spacial score (nSPS) is 12.2. The number of rotatable bonds is 5. The molecular weight excluding hydrogens is 336 g/mol. The van der Waals surface area contributed by atoms with Gasteiger partial charge in [0.25, 0.3) is 5.91 Å². The molecule has 130 valence electrons. The van der Waals surface area contributed by atoms with Gasteiger partial charge in [0, 0.05) is 24.3 Å². The fraction of sp³-hybridized carbons (Fsp3) is 0.263. The predicted molar refractivity (Wildman–Crippen MR) is 100 cm³/mol. The number of aryl methyl sites for hydroxylation is 1. The van der Waals surface area contributed by atoms with Crippen molar-refractivity contribution in [2.24, 2.45) is 7.05 Å². The van der Waals surface area contributed by atoms with Gasteiger partial charge in [0.2, 0.25) is 0 Å². The SMILES string of the molecule is CCC(C)NC(=O)c1cc(-c2cccn2C)nn1-c1cccc(Cl)c1. The molecule has 2 heterocycles.